The van der Waals surface area contributed by atoms with E-state index in [0.717, 1.165) is 5.56 Å². The number of nitrogens with two attached hydrogens (primary N) is 2. The number of nitrogens with zero attached hydrogens (tertiary/aromatic N) is 4. The van der Waals surface area contributed by atoms with E-state index in [1.165, 1.54) is 0 Å². The molecule has 1 aromatic carbocycles. The Kier molecular flexibility index (Phi) is 2.79. The summed E-state index contributed by atoms with van der Waals surface area (Å²) in [4.78, 5) is 23.3. The van der Waals surface area contributed by atoms with Gasteiger partial charge in [-0.1, -0.05) is 12.1 Å². The molecule has 0 saturated heterocycles. The first-order chi connectivity index (χ1) is 9.63. The molecule has 3 rings (SSSR count). The number of hydrogen-bond acceptors (Lipinski definition) is 5. The SMILES string of the molecule is NC(=O)c1ccc(Cn2cnc3cnc(N)nc32)cc1. The van der Waals surface area contributed by atoms with Crippen LogP contribution in [0.4, 0.5) is 5.95 Å². The third-order valence-electron chi connectivity index (χ3n) is 2.97. The zero-order chi connectivity index (χ0) is 14.1. The van der Waals surface area contributed by atoms with Crippen molar-refractivity contribution in [3.63, 3.8) is 0 Å². The molecule has 2 aromatic heterocycles. The van der Waals surface area contributed by atoms with Crippen LogP contribution in [0.15, 0.2) is 36.8 Å². The van der Waals surface area contributed by atoms with Gasteiger partial charge in [0.25, 0.3) is 0 Å². The van der Waals surface area contributed by atoms with Gasteiger partial charge in [-0.15, -0.1) is 0 Å². The van der Waals surface area contributed by atoms with Crippen LogP contribution >= 0.6 is 0 Å². The molecule has 0 saturated carbocycles. The fraction of sp³-hybridized carbons (Fsp3) is 0.0769. The van der Waals surface area contributed by atoms with Crippen molar-refractivity contribution in [2.24, 2.45) is 5.73 Å². The number of benzene rings is 1. The number of hydrogen-bond donors (Lipinski definition) is 2. The summed E-state index contributed by atoms with van der Waals surface area (Å²) >= 11 is 0. The Labute approximate surface area is 114 Å². The number of rotatable bonds is 3. The topological polar surface area (TPSA) is 113 Å². The highest BCUT2D eigenvalue weighted by Gasteiger charge is 2.06. The van der Waals surface area contributed by atoms with E-state index in [4.69, 9.17) is 11.5 Å². The molecule has 0 fully saturated rings. The molecule has 3 aromatic rings. The number of primary amides is 1. The lowest BCUT2D eigenvalue weighted by atomic mass is 10.1. The van der Waals surface area contributed by atoms with Crippen molar-refractivity contribution in [1.82, 2.24) is 19.5 Å². The number of carbonyl (C=O) groups excluding carboxylic acids is 1. The third-order valence-corrected chi connectivity index (χ3v) is 2.97. The Morgan fingerprint density at radius 2 is 1.95 bits per heavy atom. The third kappa shape index (κ3) is 2.16. The van der Waals surface area contributed by atoms with Gasteiger partial charge >= 0.3 is 0 Å². The molecule has 100 valence electrons. The molecule has 0 spiro atoms. The molecule has 7 nitrogen and oxygen atoms in total. The molecule has 0 unspecified atom stereocenters. The van der Waals surface area contributed by atoms with Crippen molar-refractivity contribution >= 4 is 23.0 Å². The van der Waals surface area contributed by atoms with Gasteiger partial charge in [-0.2, -0.15) is 4.98 Å². The first-order valence-corrected chi connectivity index (χ1v) is 5.95. The number of anilines is 1. The minimum Gasteiger partial charge on any atom is -0.368 e. The van der Waals surface area contributed by atoms with Crippen LogP contribution in [0.25, 0.3) is 11.2 Å². The first-order valence-electron chi connectivity index (χ1n) is 5.95. The maximum absolute atomic E-state index is 11.0. The average Bonchev–Trinajstić information content (AvgIpc) is 2.82. The maximum Gasteiger partial charge on any atom is 0.248 e. The second kappa shape index (κ2) is 4.61. The van der Waals surface area contributed by atoms with E-state index in [2.05, 4.69) is 15.0 Å². The summed E-state index contributed by atoms with van der Waals surface area (Å²) in [5.41, 5.74) is 13.6. The summed E-state index contributed by atoms with van der Waals surface area (Å²) < 4.78 is 1.87. The Balaban J connectivity index is 1.92. The predicted octanol–water partition coefficient (Wildman–Crippen LogP) is 0.556. The Morgan fingerprint density at radius 3 is 2.65 bits per heavy atom. The van der Waals surface area contributed by atoms with E-state index in [-0.39, 0.29) is 5.95 Å². The molecule has 20 heavy (non-hydrogen) atoms. The van der Waals surface area contributed by atoms with E-state index < -0.39 is 5.91 Å². The normalized spacial score (nSPS) is 10.8. The summed E-state index contributed by atoms with van der Waals surface area (Å²) in [7, 11) is 0. The van der Waals surface area contributed by atoms with Crippen molar-refractivity contribution in [3.8, 4) is 0 Å². The highest BCUT2D eigenvalue weighted by molar-refractivity contribution is 5.92. The highest BCUT2D eigenvalue weighted by atomic mass is 16.1. The van der Waals surface area contributed by atoms with E-state index in [0.29, 0.717) is 23.3 Å². The summed E-state index contributed by atoms with van der Waals surface area (Å²) in [6.45, 7) is 0.575. The van der Waals surface area contributed by atoms with Gasteiger partial charge in [-0.05, 0) is 17.7 Å². The van der Waals surface area contributed by atoms with Crippen LogP contribution in [0, 0.1) is 0 Å². The molecule has 0 bridgehead atoms. The quantitative estimate of drug-likeness (QED) is 0.720. The number of nitrogen functional groups attached to an aromatic ring is 1. The van der Waals surface area contributed by atoms with E-state index >= 15 is 0 Å². The van der Waals surface area contributed by atoms with Crippen molar-refractivity contribution in [2.75, 3.05) is 5.73 Å². The smallest absolute Gasteiger partial charge is 0.248 e. The lowest BCUT2D eigenvalue weighted by Gasteiger charge is -2.04. The van der Waals surface area contributed by atoms with Gasteiger partial charge in [0.2, 0.25) is 11.9 Å². The van der Waals surface area contributed by atoms with Gasteiger partial charge in [-0.3, -0.25) is 4.79 Å². The zero-order valence-electron chi connectivity index (χ0n) is 10.5. The van der Waals surface area contributed by atoms with Gasteiger partial charge in [-0.25, -0.2) is 9.97 Å². The van der Waals surface area contributed by atoms with Crippen LogP contribution in [-0.2, 0) is 6.54 Å². The number of aromatic nitrogens is 4. The van der Waals surface area contributed by atoms with Crippen molar-refractivity contribution in [1.29, 1.82) is 0 Å². The first kappa shape index (κ1) is 12.1. The van der Waals surface area contributed by atoms with Crippen molar-refractivity contribution in [2.45, 2.75) is 6.54 Å². The fourth-order valence-electron chi connectivity index (χ4n) is 1.96. The summed E-state index contributed by atoms with van der Waals surface area (Å²) in [5, 5.41) is 0. The van der Waals surface area contributed by atoms with Gasteiger partial charge in [0.15, 0.2) is 5.65 Å². The molecule has 0 aliphatic rings. The van der Waals surface area contributed by atoms with Crippen molar-refractivity contribution in [3.05, 3.63) is 47.9 Å². The van der Waals surface area contributed by atoms with Crippen LogP contribution < -0.4 is 11.5 Å². The maximum atomic E-state index is 11.0. The van der Waals surface area contributed by atoms with Crippen LogP contribution in [0.2, 0.25) is 0 Å². The molecule has 4 N–H and O–H groups in total. The standard InChI is InChI=1S/C13H12N6O/c14-11(20)9-3-1-8(2-4-9)6-19-7-17-10-5-16-13(15)18-12(10)19/h1-5,7H,6H2,(H2,14,20)(H2,15,16,18). The number of imidazole rings is 1. The Bertz CT molecular complexity index is 777. The van der Waals surface area contributed by atoms with E-state index in [1.807, 2.05) is 16.7 Å². The van der Waals surface area contributed by atoms with Crippen LogP contribution in [0.1, 0.15) is 15.9 Å². The fourth-order valence-corrected chi connectivity index (χ4v) is 1.96. The molecule has 0 aliphatic heterocycles. The van der Waals surface area contributed by atoms with Crippen LogP contribution in [-0.4, -0.2) is 25.4 Å². The van der Waals surface area contributed by atoms with E-state index in [1.54, 1.807) is 24.7 Å². The monoisotopic (exact) mass is 268 g/mol. The minimum absolute atomic E-state index is 0.211. The molecule has 7 heteroatoms. The summed E-state index contributed by atoms with van der Waals surface area (Å²) in [6, 6.07) is 7.08. The lowest BCUT2D eigenvalue weighted by Crippen LogP contribution is -2.10. The van der Waals surface area contributed by atoms with Crippen LogP contribution in [0.3, 0.4) is 0 Å². The Hall–Kier alpha value is -2.96. The second-order valence-electron chi connectivity index (χ2n) is 4.37. The second-order valence-corrected chi connectivity index (χ2v) is 4.37. The number of fused-ring (bicyclic) bond motifs is 1. The molecular formula is C13H12N6O. The zero-order valence-corrected chi connectivity index (χ0v) is 10.5. The van der Waals surface area contributed by atoms with Crippen molar-refractivity contribution < 1.29 is 4.79 Å². The molecule has 0 radical (unpaired) electrons. The summed E-state index contributed by atoms with van der Waals surface area (Å²) in [6.07, 6.45) is 3.27. The lowest BCUT2D eigenvalue weighted by molar-refractivity contribution is 0.100. The molecule has 2 heterocycles. The minimum atomic E-state index is -0.440. The molecule has 0 aliphatic carbocycles. The van der Waals surface area contributed by atoms with Gasteiger partial charge in [0, 0.05) is 5.56 Å². The molecule has 1 amide bonds. The van der Waals surface area contributed by atoms with Gasteiger partial charge in [0.1, 0.15) is 5.52 Å². The number of amides is 1. The predicted molar refractivity (Wildman–Crippen MR) is 73.8 cm³/mol. The summed E-state index contributed by atoms with van der Waals surface area (Å²) in [5.74, 6) is -0.228. The Morgan fingerprint density at radius 1 is 1.20 bits per heavy atom. The largest absolute Gasteiger partial charge is 0.368 e. The molecule has 0 atom stereocenters. The van der Waals surface area contributed by atoms with Gasteiger partial charge < -0.3 is 16.0 Å². The molecular weight excluding hydrogens is 256 g/mol. The van der Waals surface area contributed by atoms with Crippen LogP contribution in [0.5, 0.6) is 0 Å². The average molecular weight is 268 g/mol. The highest BCUT2D eigenvalue weighted by Crippen LogP contribution is 2.13. The number of carbonyl (C=O) groups is 1. The van der Waals surface area contributed by atoms with Gasteiger partial charge in [0.05, 0.1) is 19.1 Å². The van der Waals surface area contributed by atoms with E-state index in [9.17, 15) is 4.79 Å².